The minimum absolute atomic E-state index is 0.0867. The molecule has 1 aliphatic heterocycles. The lowest BCUT2D eigenvalue weighted by molar-refractivity contribution is 0.171. The Morgan fingerprint density at radius 3 is 2.52 bits per heavy atom. The third-order valence-corrected chi connectivity index (χ3v) is 4.06. The average molecular weight is 334 g/mol. The Hall–Kier alpha value is -1.75. The van der Waals surface area contributed by atoms with Gasteiger partial charge in [-0.1, -0.05) is 35.9 Å². The van der Waals surface area contributed by atoms with E-state index in [0.717, 1.165) is 36.4 Å². The van der Waals surface area contributed by atoms with Gasteiger partial charge >= 0.3 is 0 Å². The van der Waals surface area contributed by atoms with Crippen LogP contribution in [0.3, 0.4) is 0 Å². The number of hydrogen-bond acceptors (Lipinski definition) is 4. The number of benzene rings is 2. The normalized spacial score (nSPS) is 13.1. The van der Waals surface area contributed by atoms with Crippen LogP contribution in [0.25, 0.3) is 0 Å². The van der Waals surface area contributed by atoms with E-state index in [-0.39, 0.29) is 6.61 Å². The molecule has 0 aliphatic carbocycles. The van der Waals surface area contributed by atoms with Crippen molar-refractivity contribution in [3.63, 3.8) is 0 Å². The van der Waals surface area contributed by atoms with E-state index in [4.69, 9.17) is 26.2 Å². The Morgan fingerprint density at radius 2 is 1.74 bits per heavy atom. The first-order chi connectivity index (χ1) is 11.3. The Kier molecular flexibility index (Phi) is 5.39. The molecule has 122 valence electrons. The summed E-state index contributed by atoms with van der Waals surface area (Å²) >= 11 is 6.23. The molecule has 0 unspecified atom stereocenters. The monoisotopic (exact) mass is 333 g/mol. The van der Waals surface area contributed by atoms with Crippen LogP contribution in [0.1, 0.15) is 16.7 Å². The molecule has 0 saturated heterocycles. The second kappa shape index (κ2) is 7.68. The van der Waals surface area contributed by atoms with Crippen molar-refractivity contribution in [2.45, 2.75) is 19.6 Å². The fourth-order valence-electron chi connectivity index (χ4n) is 2.54. The molecule has 0 bridgehead atoms. The molecule has 2 aromatic carbocycles. The van der Waals surface area contributed by atoms with Crippen molar-refractivity contribution in [3.05, 3.63) is 58.1 Å². The summed E-state index contributed by atoms with van der Waals surface area (Å²) in [5, 5.41) is 13.0. The van der Waals surface area contributed by atoms with Crippen molar-refractivity contribution in [2.75, 3.05) is 19.8 Å². The van der Waals surface area contributed by atoms with Crippen LogP contribution < -0.4 is 14.8 Å². The van der Waals surface area contributed by atoms with E-state index in [9.17, 15) is 0 Å². The van der Waals surface area contributed by atoms with Gasteiger partial charge in [-0.05, 0) is 41.8 Å². The molecule has 1 aliphatic rings. The molecule has 1 heterocycles. The highest BCUT2D eigenvalue weighted by molar-refractivity contribution is 6.32. The van der Waals surface area contributed by atoms with Crippen molar-refractivity contribution in [3.8, 4) is 11.5 Å². The Bertz CT molecular complexity index is 658. The van der Waals surface area contributed by atoms with E-state index in [1.807, 2.05) is 36.4 Å². The SMILES string of the molecule is OCc1ccc(CCNCc2cc(Cl)c3c(c2)OCCO3)cc1. The summed E-state index contributed by atoms with van der Waals surface area (Å²) in [6, 6.07) is 11.9. The standard InChI is InChI=1S/C18H20ClNO3/c19-16-9-15(10-17-18(16)23-8-7-22-17)11-20-6-5-13-1-3-14(12-21)4-2-13/h1-4,9-10,20-21H,5-8,11-12H2. The Labute approximate surface area is 141 Å². The summed E-state index contributed by atoms with van der Waals surface area (Å²) in [7, 11) is 0. The summed E-state index contributed by atoms with van der Waals surface area (Å²) < 4.78 is 11.1. The summed E-state index contributed by atoms with van der Waals surface area (Å²) in [5.41, 5.74) is 3.26. The number of rotatable bonds is 6. The maximum absolute atomic E-state index is 9.03. The molecule has 0 fully saturated rings. The smallest absolute Gasteiger partial charge is 0.179 e. The number of nitrogens with one attached hydrogen (secondary N) is 1. The van der Waals surface area contributed by atoms with Crippen LogP contribution in [0, 0.1) is 0 Å². The molecule has 2 aromatic rings. The van der Waals surface area contributed by atoms with Crippen molar-refractivity contribution >= 4 is 11.6 Å². The van der Waals surface area contributed by atoms with Crippen LogP contribution in [0.2, 0.25) is 5.02 Å². The number of hydrogen-bond donors (Lipinski definition) is 2. The topological polar surface area (TPSA) is 50.7 Å². The van der Waals surface area contributed by atoms with E-state index < -0.39 is 0 Å². The first-order valence-corrected chi connectivity index (χ1v) is 8.11. The molecule has 5 heteroatoms. The number of halogens is 1. The molecule has 4 nitrogen and oxygen atoms in total. The Morgan fingerprint density at radius 1 is 1.00 bits per heavy atom. The quantitative estimate of drug-likeness (QED) is 0.798. The zero-order chi connectivity index (χ0) is 16.1. The molecule has 0 spiro atoms. The molecule has 0 saturated carbocycles. The molecule has 2 N–H and O–H groups in total. The highest BCUT2D eigenvalue weighted by Crippen LogP contribution is 2.38. The van der Waals surface area contributed by atoms with E-state index >= 15 is 0 Å². The maximum Gasteiger partial charge on any atom is 0.179 e. The summed E-state index contributed by atoms with van der Waals surface area (Å²) in [6.07, 6.45) is 0.935. The van der Waals surface area contributed by atoms with Gasteiger partial charge in [0.25, 0.3) is 0 Å². The van der Waals surface area contributed by atoms with Crippen molar-refractivity contribution < 1.29 is 14.6 Å². The van der Waals surface area contributed by atoms with Gasteiger partial charge < -0.3 is 19.9 Å². The average Bonchev–Trinajstić information content (AvgIpc) is 2.59. The van der Waals surface area contributed by atoms with Crippen molar-refractivity contribution in [1.82, 2.24) is 5.32 Å². The largest absolute Gasteiger partial charge is 0.486 e. The van der Waals surface area contributed by atoms with E-state index in [0.29, 0.717) is 24.0 Å². The van der Waals surface area contributed by atoms with Gasteiger partial charge in [0.1, 0.15) is 13.2 Å². The summed E-state index contributed by atoms with van der Waals surface area (Å²) in [6.45, 7) is 2.78. The predicted octanol–water partition coefficient (Wildman–Crippen LogP) is 2.94. The van der Waals surface area contributed by atoms with Crippen molar-refractivity contribution in [2.24, 2.45) is 0 Å². The van der Waals surface area contributed by atoms with E-state index in [2.05, 4.69) is 5.32 Å². The lowest BCUT2D eigenvalue weighted by Crippen LogP contribution is -2.18. The fourth-order valence-corrected chi connectivity index (χ4v) is 2.83. The second-order valence-electron chi connectivity index (χ2n) is 5.50. The number of aliphatic hydroxyl groups is 1. The van der Waals surface area contributed by atoms with Gasteiger partial charge in [-0.25, -0.2) is 0 Å². The van der Waals surface area contributed by atoms with Gasteiger partial charge in [-0.15, -0.1) is 0 Å². The van der Waals surface area contributed by atoms with Gasteiger partial charge in [0, 0.05) is 6.54 Å². The van der Waals surface area contributed by atoms with Crippen LogP contribution in [-0.4, -0.2) is 24.9 Å². The van der Waals surface area contributed by atoms with Crippen LogP contribution in [0.4, 0.5) is 0 Å². The molecule has 23 heavy (non-hydrogen) atoms. The lowest BCUT2D eigenvalue weighted by Gasteiger charge is -2.20. The Balaban J connectivity index is 1.51. The molecular weight excluding hydrogens is 314 g/mol. The number of aliphatic hydroxyl groups excluding tert-OH is 1. The van der Waals surface area contributed by atoms with Gasteiger partial charge in [-0.3, -0.25) is 0 Å². The number of fused-ring (bicyclic) bond motifs is 1. The number of ether oxygens (including phenoxy) is 2. The van der Waals surface area contributed by atoms with Crippen LogP contribution >= 0.6 is 11.6 Å². The van der Waals surface area contributed by atoms with Gasteiger partial charge in [0.15, 0.2) is 11.5 Å². The minimum Gasteiger partial charge on any atom is -0.486 e. The van der Waals surface area contributed by atoms with Crippen LogP contribution in [-0.2, 0) is 19.6 Å². The lowest BCUT2D eigenvalue weighted by atomic mass is 10.1. The van der Waals surface area contributed by atoms with E-state index in [1.54, 1.807) is 0 Å². The molecular formula is C18H20ClNO3. The first kappa shape index (κ1) is 16.1. The van der Waals surface area contributed by atoms with E-state index in [1.165, 1.54) is 5.56 Å². The van der Waals surface area contributed by atoms with Gasteiger partial charge in [0.2, 0.25) is 0 Å². The second-order valence-corrected chi connectivity index (χ2v) is 5.91. The molecule has 0 aromatic heterocycles. The first-order valence-electron chi connectivity index (χ1n) is 7.73. The third kappa shape index (κ3) is 4.16. The van der Waals surface area contributed by atoms with Crippen molar-refractivity contribution in [1.29, 1.82) is 0 Å². The fraction of sp³-hybridized carbons (Fsp3) is 0.333. The maximum atomic E-state index is 9.03. The minimum atomic E-state index is 0.0867. The highest BCUT2D eigenvalue weighted by atomic mass is 35.5. The summed E-state index contributed by atoms with van der Waals surface area (Å²) in [5.74, 6) is 1.37. The third-order valence-electron chi connectivity index (χ3n) is 3.78. The van der Waals surface area contributed by atoms with Gasteiger partial charge in [0.05, 0.1) is 11.6 Å². The zero-order valence-corrected chi connectivity index (χ0v) is 13.6. The predicted molar refractivity (Wildman–Crippen MR) is 90.2 cm³/mol. The molecule has 0 atom stereocenters. The van der Waals surface area contributed by atoms with Crippen LogP contribution in [0.5, 0.6) is 11.5 Å². The van der Waals surface area contributed by atoms with Gasteiger partial charge in [-0.2, -0.15) is 0 Å². The van der Waals surface area contributed by atoms with Crippen LogP contribution in [0.15, 0.2) is 36.4 Å². The molecule has 0 amide bonds. The highest BCUT2D eigenvalue weighted by Gasteiger charge is 2.16. The summed E-state index contributed by atoms with van der Waals surface area (Å²) in [4.78, 5) is 0. The molecule has 3 rings (SSSR count). The molecule has 0 radical (unpaired) electrons. The zero-order valence-electron chi connectivity index (χ0n) is 12.8.